The molecule has 0 aromatic rings. The van der Waals surface area contributed by atoms with Crippen LogP contribution in [0, 0.1) is 0 Å². The Morgan fingerprint density at radius 2 is 2.18 bits per heavy atom. The lowest BCUT2D eigenvalue weighted by Gasteiger charge is -2.10. The van der Waals surface area contributed by atoms with Crippen LogP contribution in [-0.4, -0.2) is 24.2 Å². The van der Waals surface area contributed by atoms with Crippen molar-refractivity contribution in [3.05, 3.63) is 24.0 Å². The van der Waals surface area contributed by atoms with Crippen LogP contribution in [0.15, 0.2) is 29.0 Å². The summed E-state index contributed by atoms with van der Waals surface area (Å²) in [6.07, 6.45) is 10.7. The summed E-state index contributed by atoms with van der Waals surface area (Å²) >= 11 is 0. The van der Waals surface area contributed by atoms with E-state index in [1.54, 1.807) is 0 Å². The largest absolute Gasteiger partial charge is 0.376 e. The van der Waals surface area contributed by atoms with Gasteiger partial charge in [-0.3, -0.25) is 4.99 Å². The highest BCUT2D eigenvalue weighted by molar-refractivity contribution is 5.76. The molecule has 2 heteroatoms. The Bertz CT molecular complexity index is 206. The molecule has 0 radical (unpaired) electrons. The molecule has 2 heterocycles. The van der Waals surface area contributed by atoms with Crippen molar-refractivity contribution < 1.29 is 0 Å². The third-order valence-electron chi connectivity index (χ3n) is 2.03. The smallest absolute Gasteiger partial charge is 0.0788 e. The van der Waals surface area contributed by atoms with E-state index < -0.39 is 0 Å². The van der Waals surface area contributed by atoms with Crippen molar-refractivity contribution in [2.24, 2.45) is 4.99 Å². The van der Waals surface area contributed by atoms with E-state index in [0.717, 1.165) is 5.70 Å². The van der Waals surface area contributed by atoms with E-state index in [4.69, 9.17) is 0 Å². The second kappa shape index (κ2) is 2.91. The van der Waals surface area contributed by atoms with Crippen molar-refractivity contribution in [1.82, 2.24) is 4.90 Å². The van der Waals surface area contributed by atoms with Gasteiger partial charge in [-0.1, -0.05) is 0 Å². The van der Waals surface area contributed by atoms with Gasteiger partial charge in [0.25, 0.3) is 0 Å². The highest BCUT2D eigenvalue weighted by atomic mass is 15.1. The second-order valence-corrected chi connectivity index (χ2v) is 2.93. The highest BCUT2D eigenvalue weighted by Gasteiger charge is 2.07. The lowest BCUT2D eigenvalue weighted by Crippen LogP contribution is -2.10. The quantitative estimate of drug-likeness (QED) is 0.551. The number of hydrogen-bond donors (Lipinski definition) is 0. The average Bonchev–Trinajstić information content (AvgIpc) is 2.60. The van der Waals surface area contributed by atoms with Gasteiger partial charge in [-0.25, -0.2) is 0 Å². The van der Waals surface area contributed by atoms with Gasteiger partial charge >= 0.3 is 0 Å². The minimum Gasteiger partial charge on any atom is -0.376 e. The summed E-state index contributed by atoms with van der Waals surface area (Å²) in [5, 5.41) is 0. The van der Waals surface area contributed by atoms with Crippen molar-refractivity contribution in [2.45, 2.75) is 12.8 Å². The van der Waals surface area contributed by atoms with Gasteiger partial charge in [-0.2, -0.15) is 0 Å². The van der Waals surface area contributed by atoms with E-state index in [9.17, 15) is 0 Å². The molecule has 0 atom stereocenters. The molecular formula is C9H12N2. The van der Waals surface area contributed by atoms with Crippen LogP contribution in [0.2, 0.25) is 0 Å². The summed E-state index contributed by atoms with van der Waals surface area (Å²) in [5.74, 6) is 0. The Balaban J connectivity index is 2.01. The first-order chi connectivity index (χ1) is 5.45. The number of allylic oxidation sites excluding steroid dienone is 2. The lowest BCUT2D eigenvalue weighted by atomic mass is 10.4. The number of likely N-dealkylation sites (tertiary alicyclic amines) is 1. The maximum atomic E-state index is 4.18. The first-order valence-electron chi connectivity index (χ1n) is 4.12. The number of hydrogen-bond acceptors (Lipinski definition) is 2. The molecule has 0 N–H and O–H groups in total. The van der Waals surface area contributed by atoms with Crippen LogP contribution in [-0.2, 0) is 0 Å². The van der Waals surface area contributed by atoms with Crippen molar-refractivity contribution in [2.75, 3.05) is 13.1 Å². The van der Waals surface area contributed by atoms with E-state index in [1.807, 2.05) is 18.4 Å². The van der Waals surface area contributed by atoms with E-state index in [-0.39, 0.29) is 0 Å². The standard InChI is InChI=1S/C9H12N2/c1-2-7-11(6-1)8-9-4-3-5-10-9/h3-5,8H,1-2,6-7H2. The molecule has 11 heavy (non-hydrogen) atoms. The SMILES string of the molecule is C1=CC(=CN2CCCC2)N=C1. The molecule has 0 spiro atoms. The molecule has 0 aromatic carbocycles. The normalized spacial score (nSPS) is 25.8. The molecule has 0 unspecified atom stereocenters. The molecule has 2 aliphatic rings. The van der Waals surface area contributed by atoms with Crippen molar-refractivity contribution in [1.29, 1.82) is 0 Å². The summed E-state index contributed by atoms with van der Waals surface area (Å²) in [7, 11) is 0. The van der Waals surface area contributed by atoms with Crippen LogP contribution >= 0.6 is 0 Å². The monoisotopic (exact) mass is 148 g/mol. The van der Waals surface area contributed by atoms with Crippen LogP contribution in [0.3, 0.4) is 0 Å². The Morgan fingerprint density at radius 1 is 1.36 bits per heavy atom. The molecule has 2 nitrogen and oxygen atoms in total. The van der Waals surface area contributed by atoms with Gasteiger partial charge in [0.05, 0.1) is 5.70 Å². The van der Waals surface area contributed by atoms with Gasteiger partial charge in [-0.15, -0.1) is 0 Å². The molecule has 0 bridgehead atoms. The summed E-state index contributed by atoms with van der Waals surface area (Å²) in [4.78, 5) is 6.52. The van der Waals surface area contributed by atoms with Crippen molar-refractivity contribution in [3.8, 4) is 0 Å². The second-order valence-electron chi connectivity index (χ2n) is 2.93. The zero-order chi connectivity index (χ0) is 7.52. The minimum absolute atomic E-state index is 1.09. The number of nitrogens with zero attached hydrogens (tertiary/aromatic N) is 2. The van der Waals surface area contributed by atoms with E-state index in [2.05, 4.69) is 16.1 Å². The minimum atomic E-state index is 1.09. The first kappa shape index (κ1) is 6.65. The van der Waals surface area contributed by atoms with Crippen LogP contribution < -0.4 is 0 Å². The molecule has 0 saturated carbocycles. The predicted molar refractivity (Wildman–Crippen MR) is 46.5 cm³/mol. The van der Waals surface area contributed by atoms with Gasteiger partial charge in [-0.05, 0) is 25.0 Å². The number of rotatable bonds is 1. The van der Waals surface area contributed by atoms with Crippen LogP contribution in [0.1, 0.15) is 12.8 Å². The molecule has 0 aliphatic carbocycles. The zero-order valence-corrected chi connectivity index (χ0v) is 6.53. The lowest BCUT2D eigenvalue weighted by molar-refractivity contribution is 0.465. The van der Waals surface area contributed by atoms with Crippen LogP contribution in [0.4, 0.5) is 0 Å². The van der Waals surface area contributed by atoms with Gasteiger partial charge < -0.3 is 4.90 Å². The van der Waals surface area contributed by atoms with Gasteiger partial charge in [0, 0.05) is 25.5 Å². The van der Waals surface area contributed by atoms with Gasteiger partial charge in [0.15, 0.2) is 0 Å². The summed E-state index contributed by atoms with van der Waals surface area (Å²) in [6, 6.07) is 0. The fraction of sp³-hybridized carbons (Fsp3) is 0.444. The fourth-order valence-corrected chi connectivity index (χ4v) is 1.45. The predicted octanol–water partition coefficient (Wildman–Crippen LogP) is 1.56. The van der Waals surface area contributed by atoms with Crippen LogP contribution in [0.25, 0.3) is 0 Å². The first-order valence-corrected chi connectivity index (χ1v) is 4.12. The maximum absolute atomic E-state index is 4.18. The fourth-order valence-electron chi connectivity index (χ4n) is 1.45. The van der Waals surface area contributed by atoms with E-state index >= 15 is 0 Å². The number of aliphatic imine (C=N–C) groups is 1. The third kappa shape index (κ3) is 1.50. The van der Waals surface area contributed by atoms with Gasteiger partial charge in [0.2, 0.25) is 0 Å². The summed E-state index contributed by atoms with van der Waals surface area (Å²) < 4.78 is 0. The molecule has 2 aliphatic heterocycles. The highest BCUT2D eigenvalue weighted by Crippen LogP contribution is 2.12. The average molecular weight is 148 g/mol. The van der Waals surface area contributed by atoms with Gasteiger partial charge in [0.1, 0.15) is 0 Å². The Kier molecular flexibility index (Phi) is 1.76. The zero-order valence-electron chi connectivity index (χ0n) is 6.53. The maximum Gasteiger partial charge on any atom is 0.0788 e. The molecule has 0 amide bonds. The molecule has 1 fully saturated rings. The topological polar surface area (TPSA) is 15.6 Å². The van der Waals surface area contributed by atoms with Crippen molar-refractivity contribution >= 4 is 6.21 Å². The Hall–Kier alpha value is -1.05. The Morgan fingerprint density at radius 3 is 2.82 bits per heavy atom. The molecular weight excluding hydrogens is 136 g/mol. The summed E-state index contributed by atoms with van der Waals surface area (Å²) in [5.41, 5.74) is 1.09. The van der Waals surface area contributed by atoms with E-state index in [0.29, 0.717) is 0 Å². The summed E-state index contributed by atoms with van der Waals surface area (Å²) in [6.45, 7) is 2.40. The molecule has 2 rings (SSSR count). The molecule has 0 aromatic heterocycles. The van der Waals surface area contributed by atoms with E-state index in [1.165, 1.54) is 25.9 Å². The van der Waals surface area contributed by atoms with Crippen molar-refractivity contribution in [3.63, 3.8) is 0 Å². The third-order valence-corrected chi connectivity index (χ3v) is 2.03. The molecule has 1 saturated heterocycles. The molecule has 58 valence electrons. The van der Waals surface area contributed by atoms with Crippen LogP contribution in [0.5, 0.6) is 0 Å². The Labute approximate surface area is 66.9 Å².